The van der Waals surface area contributed by atoms with E-state index in [0.717, 1.165) is 49.1 Å². The highest BCUT2D eigenvalue weighted by atomic mass is 32.1. The van der Waals surface area contributed by atoms with Crippen LogP contribution in [0.4, 0.5) is 5.82 Å². The quantitative estimate of drug-likeness (QED) is 0.520. The molecule has 142 valence electrons. The Labute approximate surface area is 171 Å². The van der Waals surface area contributed by atoms with Crippen molar-refractivity contribution in [3.05, 3.63) is 66.0 Å². The van der Waals surface area contributed by atoms with Crippen LogP contribution in [0.15, 0.2) is 54.9 Å². The zero-order chi connectivity index (χ0) is 19.6. The number of aromatic nitrogens is 2. The Morgan fingerprint density at radius 1 is 1.03 bits per heavy atom. The Hall–Kier alpha value is -3.63. The molecule has 1 N–H and O–H groups in total. The van der Waals surface area contributed by atoms with E-state index in [-0.39, 0.29) is 6.79 Å². The first-order chi connectivity index (χ1) is 14.3. The maximum atomic E-state index is 8.95. The van der Waals surface area contributed by atoms with Crippen molar-refractivity contribution in [2.24, 2.45) is 0 Å². The van der Waals surface area contributed by atoms with Gasteiger partial charge in [-0.25, -0.2) is 9.97 Å². The predicted molar refractivity (Wildman–Crippen MR) is 112 cm³/mol. The summed E-state index contributed by atoms with van der Waals surface area (Å²) >= 11 is 1.64. The Morgan fingerprint density at radius 2 is 1.97 bits per heavy atom. The van der Waals surface area contributed by atoms with Gasteiger partial charge in [0, 0.05) is 11.4 Å². The van der Waals surface area contributed by atoms with Crippen LogP contribution < -0.4 is 14.8 Å². The van der Waals surface area contributed by atoms with E-state index in [1.54, 1.807) is 17.7 Å². The molecule has 0 fully saturated rings. The van der Waals surface area contributed by atoms with Crippen molar-refractivity contribution in [3.8, 4) is 28.0 Å². The van der Waals surface area contributed by atoms with E-state index in [9.17, 15) is 0 Å². The lowest BCUT2D eigenvalue weighted by Crippen LogP contribution is -2.01. The molecule has 0 spiro atoms. The number of hydrogen-bond donors (Lipinski definition) is 1. The van der Waals surface area contributed by atoms with Gasteiger partial charge >= 0.3 is 0 Å². The number of rotatable bonds is 5. The lowest BCUT2D eigenvalue weighted by molar-refractivity contribution is 0.174. The summed E-state index contributed by atoms with van der Waals surface area (Å²) < 4.78 is 11.8. The molecule has 29 heavy (non-hydrogen) atoms. The molecule has 1 aliphatic rings. The largest absolute Gasteiger partial charge is 0.454 e. The first-order valence-corrected chi connectivity index (χ1v) is 9.95. The highest BCUT2D eigenvalue weighted by Crippen LogP contribution is 2.36. The van der Waals surface area contributed by atoms with Crippen molar-refractivity contribution in [1.29, 1.82) is 5.26 Å². The van der Waals surface area contributed by atoms with Crippen molar-refractivity contribution in [2.75, 3.05) is 12.1 Å². The second-order valence-corrected chi connectivity index (χ2v) is 7.68. The van der Waals surface area contributed by atoms with Crippen molar-refractivity contribution >= 4 is 27.4 Å². The molecule has 2 aromatic heterocycles. The van der Waals surface area contributed by atoms with Gasteiger partial charge in [-0.15, -0.1) is 11.3 Å². The highest BCUT2D eigenvalue weighted by molar-refractivity contribution is 7.22. The van der Waals surface area contributed by atoms with Crippen LogP contribution in [0.1, 0.15) is 11.1 Å². The van der Waals surface area contributed by atoms with Gasteiger partial charge in [0.1, 0.15) is 12.1 Å². The third-order valence-corrected chi connectivity index (χ3v) is 5.88. The smallest absolute Gasteiger partial charge is 0.231 e. The molecule has 0 unspecified atom stereocenters. The minimum atomic E-state index is 0.270. The molecule has 2 aromatic carbocycles. The van der Waals surface area contributed by atoms with Gasteiger partial charge in [-0.05, 0) is 41.0 Å². The van der Waals surface area contributed by atoms with Gasteiger partial charge in [-0.2, -0.15) is 5.26 Å². The summed E-state index contributed by atoms with van der Waals surface area (Å²) in [6, 6.07) is 18.2. The van der Waals surface area contributed by atoms with E-state index in [1.807, 2.05) is 30.3 Å². The van der Waals surface area contributed by atoms with E-state index in [1.165, 1.54) is 0 Å². The summed E-state index contributed by atoms with van der Waals surface area (Å²) in [6.45, 7) is 0.889. The topological polar surface area (TPSA) is 80.1 Å². The van der Waals surface area contributed by atoms with Crippen LogP contribution in [-0.2, 0) is 13.0 Å². The molecule has 0 atom stereocenters. The number of benzene rings is 2. The Balaban J connectivity index is 1.42. The van der Waals surface area contributed by atoms with Crippen molar-refractivity contribution in [2.45, 2.75) is 13.0 Å². The van der Waals surface area contributed by atoms with E-state index < -0.39 is 0 Å². The highest BCUT2D eigenvalue weighted by Gasteiger charge is 2.14. The molecule has 0 saturated carbocycles. The predicted octanol–water partition coefficient (Wildman–Crippen LogP) is 4.77. The fraction of sp³-hybridized carbons (Fsp3) is 0.136. The molecule has 0 radical (unpaired) electrons. The standard InChI is InChI=1S/C22H16N4O2S/c23-7-6-14-2-1-3-16(8-14)20-10-17-21(29-20)22(26-12-25-17)24-11-15-4-5-18-19(9-15)28-13-27-18/h1-5,8-10,12H,6,11,13H2,(H,24,25,26). The molecule has 0 amide bonds. The average molecular weight is 400 g/mol. The molecule has 0 aliphatic carbocycles. The van der Waals surface area contributed by atoms with Gasteiger partial charge in [0.2, 0.25) is 6.79 Å². The van der Waals surface area contributed by atoms with Gasteiger partial charge in [0.25, 0.3) is 0 Å². The summed E-state index contributed by atoms with van der Waals surface area (Å²) in [5, 5.41) is 12.4. The number of ether oxygens (including phenoxy) is 2. The lowest BCUT2D eigenvalue weighted by Gasteiger charge is -2.07. The molecule has 1 aliphatic heterocycles. The fourth-order valence-corrected chi connectivity index (χ4v) is 4.36. The van der Waals surface area contributed by atoms with Crippen LogP contribution in [0.2, 0.25) is 0 Å². The zero-order valence-electron chi connectivity index (χ0n) is 15.4. The monoisotopic (exact) mass is 400 g/mol. The lowest BCUT2D eigenvalue weighted by atomic mass is 10.1. The zero-order valence-corrected chi connectivity index (χ0v) is 16.2. The molecule has 3 heterocycles. The first kappa shape index (κ1) is 17.5. The number of fused-ring (bicyclic) bond motifs is 2. The van der Waals surface area contributed by atoms with Crippen molar-refractivity contribution in [3.63, 3.8) is 0 Å². The fourth-order valence-electron chi connectivity index (χ4n) is 3.29. The second-order valence-electron chi connectivity index (χ2n) is 6.62. The summed E-state index contributed by atoms with van der Waals surface area (Å²) in [4.78, 5) is 9.96. The second kappa shape index (κ2) is 7.41. The van der Waals surface area contributed by atoms with Crippen molar-refractivity contribution < 1.29 is 9.47 Å². The van der Waals surface area contributed by atoms with Crippen LogP contribution in [0.3, 0.4) is 0 Å². The van der Waals surface area contributed by atoms with E-state index in [2.05, 4.69) is 39.6 Å². The van der Waals surface area contributed by atoms with E-state index in [4.69, 9.17) is 14.7 Å². The van der Waals surface area contributed by atoms with Gasteiger partial charge in [0.05, 0.1) is 22.7 Å². The summed E-state index contributed by atoms with van der Waals surface area (Å²) in [5.74, 6) is 2.35. The van der Waals surface area contributed by atoms with Crippen LogP contribution in [0.5, 0.6) is 11.5 Å². The minimum Gasteiger partial charge on any atom is -0.454 e. The number of nitrogens with one attached hydrogen (secondary N) is 1. The van der Waals surface area contributed by atoms with Crippen LogP contribution in [0, 0.1) is 11.3 Å². The Kier molecular flexibility index (Phi) is 4.47. The number of anilines is 1. The third kappa shape index (κ3) is 3.46. The molecule has 0 saturated heterocycles. The van der Waals surface area contributed by atoms with Gasteiger partial charge < -0.3 is 14.8 Å². The Morgan fingerprint density at radius 3 is 2.90 bits per heavy atom. The maximum absolute atomic E-state index is 8.95. The summed E-state index contributed by atoms with van der Waals surface area (Å²) in [5.41, 5.74) is 4.08. The molecule has 0 bridgehead atoms. The molecule has 4 aromatic rings. The molecular weight excluding hydrogens is 384 g/mol. The van der Waals surface area contributed by atoms with Crippen LogP contribution in [-0.4, -0.2) is 16.8 Å². The van der Waals surface area contributed by atoms with Gasteiger partial charge in [-0.3, -0.25) is 0 Å². The molecule has 5 rings (SSSR count). The normalized spacial score (nSPS) is 12.1. The van der Waals surface area contributed by atoms with E-state index >= 15 is 0 Å². The number of nitriles is 1. The average Bonchev–Trinajstić information content (AvgIpc) is 3.39. The molecule has 6 nitrogen and oxygen atoms in total. The number of nitrogens with zero attached hydrogens (tertiary/aromatic N) is 3. The number of thiophene rings is 1. The van der Waals surface area contributed by atoms with Gasteiger partial charge in [-0.1, -0.05) is 24.3 Å². The molecule has 7 heteroatoms. The third-order valence-electron chi connectivity index (χ3n) is 4.70. The summed E-state index contributed by atoms with van der Waals surface area (Å²) in [6.07, 6.45) is 1.98. The summed E-state index contributed by atoms with van der Waals surface area (Å²) in [7, 11) is 0. The SMILES string of the molecule is N#CCc1cccc(-c2cc3ncnc(NCc4ccc5c(c4)OCO5)c3s2)c1. The van der Waals surface area contributed by atoms with E-state index in [0.29, 0.717) is 13.0 Å². The minimum absolute atomic E-state index is 0.270. The first-order valence-electron chi connectivity index (χ1n) is 9.13. The Bertz CT molecular complexity index is 1250. The van der Waals surface area contributed by atoms with Gasteiger partial charge in [0.15, 0.2) is 11.5 Å². The molecular formula is C22H16N4O2S. The van der Waals surface area contributed by atoms with Crippen molar-refractivity contribution in [1.82, 2.24) is 9.97 Å². The van der Waals surface area contributed by atoms with Crippen LogP contribution >= 0.6 is 11.3 Å². The number of hydrogen-bond acceptors (Lipinski definition) is 7. The van der Waals surface area contributed by atoms with Crippen LogP contribution in [0.25, 0.3) is 20.7 Å². The maximum Gasteiger partial charge on any atom is 0.231 e.